The largest absolute Gasteiger partial charge is 0.353 e. The molecule has 3 aromatic heterocycles. The molecule has 98 valence electrons. The van der Waals surface area contributed by atoms with E-state index in [1.165, 1.54) is 16.8 Å². The number of aromatic amines is 1. The minimum absolute atomic E-state index is 0.332. The van der Waals surface area contributed by atoms with E-state index in [1.54, 1.807) is 18.5 Å². The molecule has 0 fully saturated rings. The number of nitrogens with one attached hydrogen (secondary N) is 2. The van der Waals surface area contributed by atoms with Crippen LogP contribution < -0.4 is 5.32 Å². The van der Waals surface area contributed by atoms with Gasteiger partial charge in [-0.05, 0) is 18.6 Å². The molecule has 0 aliphatic carbocycles. The fourth-order valence-electron chi connectivity index (χ4n) is 1.82. The third-order valence-corrected chi connectivity index (χ3v) is 2.72. The number of pyridine rings is 1. The quantitative estimate of drug-likeness (QED) is 0.684. The lowest BCUT2D eigenvalue weighted by Crippen LogP contribution is -2.05. The molecule has 2 N–H and O–H groups in total. The molecule has 0 amide bonds. The average molecular weight is 260 g/mol. The molecule has 19 heavy (non-hydrogen) atoms. The van der Waals surface area contributed by atoms with Crippen molar-refractivity contribution in [2.75, 3.05) is 11.9 Å². The lowest BCUT2D eigenvalue weighted by molar-refractivity contribution is 0.615. The molecule has 0 saturated heterocycles. The smallest absolute Gasteiger partial charge is 0.243 e. The van der Waals surface area contributed by atoms with Crippen LogP contribution in [0.1, 0.15) is 12.2 Å². The van der Waals surface area contributed by atoms with Crippen LogP contribution in [0.15, 0.2) is 30.7 Å². The number of fused-ring (bicyclic) bond motifs is 1. The summed E-state index contributed by atoms with van der Waals surface area (Å²) >= 11 is 0. The van der Waals surface area contributed by atoms with Crippen molar-refractivity contribution < 1.29 is 4.39 Å². The first-order valence-electron chi connectivity index (χ1n) is 6.05. The van der Waals surface area contributed by atoms with Crippen LogP contribution in [0.3, 0.4) is 0 Å². The van der Waals surface area contributed by atoms with Gasteiger partial charge in [-0.1, -0.05) is 0 Å². The van der Waals surface area contributed by atoms with Gasteiger partial charge in [0.1, 0.15) is 11.6 Å². The molecule has 6 nitrogen and oxygen atoms in total. The number of hydrogen-bond donors (Lipinski definition) is 2. The average Bonchev–Trinajstić information content (AvgIpc) is 3.02. The zero-order valence-corrected chi connectivity index (χ0v) is 10.2. The van der Waals surface area contributed by atoms with E-state index in [0.717, 1.165) is 25.2 Å². The maximum atomic E-state index is 13.0. The maximum absolute atomic E-state index is 13.0. The summed E-state index contributed by atoms with van der Waals surface area (Å²) in [6, 6.07) is 2.96. The summed E-state index contributed by atoms with van der Waals surface area (Å²) in [5.74, 6) is 1.14. The summed E-state index contributed by atoms with van der Waals surface area (Å²) in [7, 11) is 0. The molecule has 0 atom stereocenters. The highest BCUT2D eigenvalue weighted by Crippen LogP contribution is 2.07. The van der Waals surface area contributed by atoms with E-state index >= 15 is 0 Å². The van der Waals surface area contributed by atoms with Gasteiger partial charge >= 0.3 is 0 Å². The molecule has 0 spiro atoms. The highest BCUT2D eigenvalue weighted by Gasteiger charge is 2.03. The van der Waals surface area contributed by atoms with Gasteiger partial charge in [-0.2, -0.15) is 4.98 Å². The molecule has 0 aliphatic rings. The first kappa shape index (κ1) is 11.6. The highest BCUT2D eigenvalue weighted by molar-refractivity contribution is 5.42. The Hall–Kier alpha value is -2.44. The summed E-state index contributed by atoms with van der Waals surface area (Å²) in [6.07, 6.45) is 6.62. The maximum Gasteiger partial charge on any atom is 0.243 e. The molecule has 0 bridgehead atoms. The van der Waals surface area contributed by atoms with Gasteiger partial charge in [0.2, 0.25) is 5.95 Å². The van der Waals surface area contributed by atoms with Crippen molar-refractivity contribution in [2.45, 2.75) is 12.8 Å². The Bertz CT molecular complexity index is 660. The number of nitrogens with zero attached hydrogens (tertiary/aromatic N) is 4. The second-order valence-corrected chi connectivity index (χ2v) is 4.15. The standard InChI is InChI=1S/C12H13FN6/c13-9-3-4-11-17-12(18-19(11)8-9)16-5-1-2-10-14-6-7-15-10/h3-4,6-8H,1-2,5H2,(H,14,15)(H,16,18). The van der Waals surface area contributed by atoms with Crippen LogP contribution in [0.4, 0.5) is 10.3 Å². The van der Waals surface area contributed by atoms with Crippen molar-refractivity contribution in [3.05, 3.63) is 42.4 Å². The first-order chi connectivity index (χ1) is 9.31. The van der Waals surface area contributed by atoms with E-state index in [9.17, 15) is 4.39 Å². The number of hydrogen-bond acceptors (Lipinski definition) is 4. The Balaban J connectivity index is 1.56. The molecule has 0 aromatic carbocycles. The molecule has 3 rings (SSSR count). The molecule has 7 heteroatoms. The van der Waals surface area contributed by atoms with Crippen molar-refractivity contribution in [3.8, 4) is 0 Å². The Morgan fingerprint density at radius 1 is 1.37 bits per heavy atom. The lowest BCUT2D eigenvalue weighted by Gasteiger charge is -1.99. The number of imidazole rings is 1. The fraction of sp³-hybridized carbons (Fsp3) is 0.250. The normalized spacial score (nSPS) is 11.0. The van der Waals surface area contributed by atoms with Crippen molar-refractivity contribution in [1.29, 1.82) is 0 Å². The SMILES string of the molecule is Fc1ccc2nc(NCCCc3ncc[nH]3)nn2c1. The van der Waals surface area contributed by atoms with Gasteiger partial charge in [0, 0.05) is 25.4 Å². The molecular formula is C12H13FN6. The monoisotopic (exact) mass is 260 g/mol. The molecule has 0 aliphatic heterocycles. The molecule has 3 aromatic rings. The van der Waals surface area contributed by atoms with E-state index in [2.05, 4.69) is 25.4 Å². The predicted molar refractivity (Wildman–Crippen MR) is 68.3 cm³/mol. The van der Waals surface area contributed by atoms with E-state index in [-0.39, 0.29) is 5.82 Å². The number of aryl methyl sites for hydroxylation is 1. The molecule has 0 saturated carbocycles. The highest BCUT2D eigenvalue weighted by atomic mass is 19.1. The minimum Gasteiger partial charge on any atom is -0.353 e. The van der Waals surface area contributed by atoms with Crippen LogP contribution >= 0.6 is 0 Å². The van der Waals surface area contributed by atoms with Gasteiger partial charge in [0.15, 0.2) is 5.65 Å². The van der Waals surface area contributed by atoms with Crippen molar-refractivity contribution in [2.24, 2.45) is 0 Å². The van der Waals surface area contributed by atoms with Crippen molar-refractivity contribution >= 4 is 11.6 Å². The summed E-state index contributed by atoms with van der Waals surface area (Å²) in [4.78, 5) is 11.4. The van der Waals surface area contributed by atoms with Crippen molar-refractivity contribution in [3.63, 3.8) is 0 Å². The van der Waals surface area contributed by atoms with Crippen molar-refractivity contribution in [1.82, 2.24) is 24.6 Å². The number of halogens is 1. The zero-order valence-electron chi connectivity index (χ0n) is 10.2. The molecule has 0 radical (unpaired) electrons. The number of H-pyrrole nitrogens is 1. The number of anilines is 1. The fourth-order valence-corrected chi connectivity index (χ4v) is 1.82. The summed E-state index contributed by atoms with van der Waals surface area (Å²) in [5, 5.41) is 7.25. The Morgan fingerprint density at radius 3 is 3.16 bits per heavy atom. The van der Waals surface area contributed by atoms with E-state index in [0.29, 0.717) is 11.6 Å². The second kappa shape index (κ2) is 5.05. The van der Waals surface area contributed by atoms with Crippen LogP contribution in [0.25, 0.3) is 5.65 Å². The van der Waals surface area contributed by atoms with Gasteiger partial charge in [-0.3, -0.25) is 0 Å². The molecular weight excluding hydrogens is 247 g/mol. The summed E-state index contributed by atoms with van der Waals surface area (Å²) in [6.45, 7) is 0.736. The van der Waals surface area contributed by atoms with Crippen LogP contribution in [0.2, 0.25) is 0 Å². The Kier molecular flexibility index (Phi) is 3.09. The Morgan fingerprint density at radius 2 is 2.32 bits per heavy atom. The number of aromatic nitrogens is 5. The van der Waals surface area contributed by atoms with E-state index in [4.69, 9.17) is 0 Å². The number of rotatable bonds is 5. The molecule has 3 heterocycles. The van der Waals surface area contributed by atoms with Gasteiger partial charge in [0.05, 0.1) is 6.20 Å². The second-order valence-electron chi connectivity index (χ2n) is 4.15. The lowest BCUT2D eigenvalue weighted by atomic mass is 10.3. The van der Waals surface area contributed by atoms with E-state index < -0.39 is 0 Å². The van der Waals surface area contributed by atoms with Crippen LogP contribution in [-0.2, 0) is 6.42 Å². The zero-order chi connectivity index (χ0) is 13.1. The third kappa shape index (κ3) is 2.70. The van der Waals surface area contributed by atoms with Crippen LogP contribution in [-0.4, -0.2) is 31.1 Å². The summed E-state index contributed by atoms with van der Waals surface area (Å²) < 4.78 is 14.4. The van der Waals surface area contributed by atoms with Crippen LogP contribution in [0, 0.1) is 5.82 Å². The topological polar surface area (TPSA) is 70.9 Å². The summed E-state index contributed by atoms with van der Waals surface area (Å²) in [5.41, 5.74) is 0.620. The molecule has 0 unspecified atom stereocenters. The van der Waals surface area contributed by atoms with Crippen LogP contribution in [0.5, 0.6) is 0 Å². The van der Waals surface area contributed by atoms with Gasteiger partial charge in [-0.15, -0.1) is 5.10 Å². The Labute approximate surface area is 108 Å². The third-order valence-electron chi connectivity index (χ3n) is 2.72. The minimum atomic E-state index is -0.332. The predicted octanol–water partition coefficient (Wildman–Crippen LogP) is 1.64. The first-order valence-corrected chi connectivity index (χ1v) is 6.05. The van der Waals surface area contributed by atoms with E-state index in [1.807, 2.05) is 0 Å². The van der Waals surface area contributed by atoms with Gasteiger partial charge in [0.25, 0.3) is 0 Å². The van der Waals surface area contributed by atoms with Gasteiger partial charge < -0.3 is 10.3 Å². The van der Waals surface area contributed by atoms with Gasteiger partial charge in [-0.25, -0.2) is 13.9 Å².